The normalized spacial score (nSPS) is 16.2. The maximum absolute atomic E-state index is 12.5. The van der Waals surface area contributed by atoms with Gasteiger partial charge in [0.2, 0.25) is 5.91 Å². The summed E-state index contributed by atoms with van der Waals surface area (Å²) in [5, 5.41) is 9.13. The van der Waals surface area contributed by atoms with Crippen LogP contribution in [0.5, 0.6) is 0 Å². The molecule has 1 unspecified atom stereocenters. The summed E-state index contributed by atoms with van der Waals surface area (Å²) in [6, 6.07) is 3.99. The SMILES string of the molecule is COCC1CN(C(=O)Cc2cccs2)Cc2ncn(C)c21.O=C(O)C(F)(F)F. The van der Waals surface area contributed by atoms with Crippen LogP contribution in [0.3, 0.4) is 0 Å². The fourth-order valence-corrected chi connectivity index (χ4v) is 3.62. The maximum atomic E-state index is 12.5. The number of ether oxygens (including phenoxy) is 1. The van der Waals surface area contributed by atoms with Crippen LogP contribution in [0.1, 0.15) is 22.2 Å². The Kier molecular flexibility index (Phi) is 7.19. The number of rotatable bonds is 4. The van der Waals surface area contributed by atoms with E-state index in [-0.39, 0.29) is 11.8 Å². The van der Waals surface area contributed by atoms with Crippen molar-refractivity contribution in [3.05, 3.63) is 40.1 Å². The summed E-state index contributed by atoms with van der Waals surface area (Å²) in [4.78, 5) is 28.8. The van der Waals surface area contributed by atoms with E-state index in [1.165, 1.54) is 5.69 Å². The van der Waals surface area contributed by atoms with E-state index in [0.29, 0.717) is 26.1 Å². The molecule has 1 aliphatic rings. The van der Waals surface area contributed by atoms with Gasteiger partial charge in [0.25, 0.3) is 0 Å². The minimum atomic E-state index is -5.08. The zero-order chi connectivity index (χ0) is 20.9. The molecule has 0 aromatic carbocycles. The van der Waals surface area contributed by atoms with Gasteiger partial charge in [-0.15, -0.1) is 11.3 Å². The number of hydrogen-bond donors (Lipinski definition) is 1. The van der Waals surface area contributed by atoms with Gasteiger partial charge in [-0.3, -0.25) is 4.79 Å². The lowest BCUT2D eigenvalue weighted by Gasteiger charge is -2.32. The van der Waals surface area contributed by atoms with Gasteiger partial charge in [0.05, 0.1) is 31.6 Å². The molecule has 3 heterocycles. The van der Waals surface area contributed by atoms with Crippen molar-refractivity contribution in [3.63, 3.8) is 0 Å². The lowest BCUT2D eigenvalue weighted by molar-refractivity contribution is -0.192. The summed E-state index contributed by atoms with van der Waals surface area (Å²) in [5.41, 5.74) is 2.18. The molecule has 0 bridgehead atoms. The molecule has 0 fully saturated rings. The molecule has 1 aliphatic heterocycles. The molecule has 28 heavy (non-hydrogen) atoms. The van der Waals surface area contributed by atoms with Crippen molar-refractivity contribution in [1.29, 1.82) is 0 Å². The smallest absolute Gasteiger partial charge is 0.475 e. The number of imidazole rings is 1. The highest BCUT2D eigenvalue weighted by atomic mass is 32.1. The minimum Gasteiger partial charge on any atom is -0.475 e. The standard InChI is InChI=1S/C15H19N3O2S.C2HF3O2/c1-17-10-16-13-8-18(7-11(9-20-2)15(13)17)14(19)6-12-4-3-5-21-12;3-2(4,5)1(6)7/h3-5,10-11H,6-9H2,1-2H3;(H,6,7). The van der Waals surface area contributed by atoms with Gasteiger partial charge < -0.3 is 19.3 Å². The summed E-state index contributed by atoms with van der Waals surface area (Å²) >= 11 is 1.62. The van der Waals surface area contributed by atoms with Crippen molar-refractivity contribution in [3.8, 4) is 0 Å². The maximum Gasteiger partial charge on any atom is 0.490 e. The third kappa shape index (κ3) is 5.55. The quantitative estimate of drug-likeness (QED) is 0.823. The molecule has 154 valence electrons. The molecule has 11 heteroatoms. The highest BCUT2D eigenvalue weighted by Gasteiger charge is 2.38. The van der Waals surface area contributed by atoms with Crippen LogP contribution in [0.25, 0.3) is 0 Å². The predicted octanol–water partition coefficient (Wildman–Crippen LogP) is 2.43. The number of carboxylic acids is 1. The number of thiophene rings is 1. The van der Waals surface area contributed by atoms with Gasteiger partial charge in [-0.1, -0.05) is 6.07 Å². The van der Waals surface area contributed by atoms with Crippen LogP contribution in [-0.2, 0) is 34.3 Å². The molecule has 0 saturated heterocycles. The van der Waals surface area contributed by atoms with Crippen molar-refractivity contribution < 1.29 is 32.6 Å². The lowest BCUT2D eigenvalue weighted by atomic mass is 9.98. The zero-order valence-electron chi connectivity index (χ0n) is 15.3. The number of hydrogen-bond acceptors (Lipinski definition) is 5. The number of alkyl halides is 3. The summed E-state index contributed by atoms with van der Waals surface area (Å²) in [6.07, 6.45) is -2.79. The van der Waals surface area contributed by atoms with Gasteiger partial charge in [0, 0.05) is 37.2 Å². The molecule has 1 atom stereocenters. The van der Waals surface area contributed by atoms with Gasteiger partial charge in [-0.05, 0) is 11.4 Å². The number of aryl methyl sites for hydroxylation is 1. The van der Waals surface area contributed by atoms with E-state index in [0.717, 1.165) is 10.6 Å². The van der Waals surface area contributed by atoms with E-state index in [9.17, 15) is 18.0 Å². The van der Waals surface area contributed by atoms with E-state index in [1.54, 1.807) is 18.4 Å². The van der Waals surface area contributed by atoms with Crippen LogP contribution >= 0.6 is 11.3 Å². The summed E-state index contributed by atoms with van der Waals surface area (Å²) in [7, 11) is 3.69. The van der Waals surface area contributed by atoms with E-state index < -0.39 is 12.1 Å². The number of methoxy groups -OCH3 is 1. The van der Waals surface area contributed by atoms with Gasteiger partial charge in [0.15, 0.2) is 0 Å². The molecular weight excluding hydrogens is 399 g/mol. The number of carboxylic acid groups (broad SMARTS) is 1. The molecule has 0 radical (unpaired) electrons. The summed E-state index contributed by atoms with van der Waals surface area (Å²) in [6.45, 7) is 1.90. The largest absolute Gasteiger partial charge is 0.490 e. The Labute approximate surface area is 163 Å². The Morgan fingerprint density at radius 2 is 2.11 bits per heavy atom. The highest BCUT2D eigenvalue weighted by molar-refractivity contribution is 7.10. The zero-order valence-corrected chi connectivity index (χ0v) is 16.1. The first kappa shape index (κ1) is 21.9. The number of carbonyl (C=O) groups excluding carboxylic acids is 1. The van der Waals surface area contributed by atoms with E-state index in [4.69, 9.17) is 14.6 Å². The van der Waals surface area contributed by atoms with Gasteiger partial charge in [-0.2, -0.15) is 13.2 Å². The van der Waals surface area contributed by atoms with Crippen molar-refractivity contribution in [2.75, 3.05) is 20.3 Å². The number of carbonyl (C=O) groups is 2. The molecule has 1 N–H and O–H groups in total. The average molecular weight is 419 g/mol. The molecular formula is C17H20F3N3O4S. The number of amides is 1. The highest BCUT2D eigenvalue weighted by Crippen LogP contribution is 2.28. The van der Waals surface area contributed by atoms with E-state index in [1.807, 2.05) is 40.4 Å². The Hall–Kier alpha value is -2.40. The third-order valence-corrected chi connectivity index (χ3v) is 4.98. The Morgan fingerprint density at radius 1 is 1.43 bits per heavy atom. The molecule has 0 saturated carbocycles. The van der Waals surface area contributed by atoms with Crippen LogP contribution < -0.4 is 0 Å². The van der Waals surface area contributed by atoms with Crippen molar-refractivity contribution in [1.82, 2.24) is 14.5 Å². The predicted molar refractivity (Wildman–Crippen MR) is 95.0 cm³/mol. The first-order valence-corrected chi connectivity index (χ1v) is 9.10. The van der Waals surface area contributed by atoms with Crippen molar-refractivity contribution >= 4 is 23.2 Å². The summed E-state index contributed by atoms with van der Waals surface area (Å²) in [5.74, 6) is -2.40. The van der Waals surface area contributed by atoms with Crippen LogP contribution in [-0.4, -0.2) is 57.9 Å². The molecule has 2 aromatic heterocycles. The molecule has 7 nitrogen and oxygen atoms in total. The Balaban J connectivity index is 0.000000345. The number of aliphatic carboxylic acids is 1. The third-order valence-electron chi connectivity index (χ3n) is 4.10. The van der Waals surface area contributed by atoms with E-state index >= 15 is 0 Å². The Morgan fingerprint density at radius 3 is 2.64 bits per heavy atom. The van der Waals surface area contributed by atoms with Crippen molar-refractivity contribution in [2.45, 2.75) is 25.1 Å². The minimum absolute atomic E-state index is 0.162. The molecule has 0 spiro atoms. The lowest BCUT2D eigenvalue weighted by Crippen LogP contribution is -2.40. The van der Waals surface area contributed by atoms with Crippen LogP contribution in [0.2, 0.25) is 0 Å². The molecule has 2 aromatic rings. The monoisotopic (exact) mass is 419 g/mol. The van der Waals surface area contributed by atoms with Crippen LogP contribution in [0.15, 0.2) is 23.8 Å². The van der Waals surface area contributed by atoms with E-state index in [2.05, 4.69) is 4.98 Å². The molecule has 0 aliphatic carbocycles. The molecule has 3 rings (SSSR count). The number of aromatic nitrogens is 2. The molecule has 1 amide bonds. The Bertz CT molecular complexity index is 805. The fourth-order valence-electron chi connectivity index (χ4n) is 2.93. The van der Waals surface area contributed by atoms with Gasteiger partial charge >= 0.3 is 12.1 Å². The van der Waals surface area contributed by atoms with Crippen molar-refractivity contribution in [2.24, 2.45) is 7.05 Å². The fraction of sp³-hybridized carbons (Fsp3) is 0.471. The summed E-state index contributed by atoms with van der Waals surface area (Å²) < 4.78 is 39.1. The first-order chi connectivity index (χ1) is 13.1. The number of fused-ring (bicyclic) bond motifs is 1. The number of halogens is 3. The van der Waals surface area contributed by atoms with Crippen LogP contribution in [0, 0.1) is 0 Å². The van der Waals surface area contributed by atoms with Gasteiger partial charge in [0.1, 0.15) is 0 Å². The average Bonchev–Trinajstić information content (AvgIpc) is 3.25. The second-order valence-corrected chi connectivity index (χ2v) is 7.21. The topological polar surface area (TPSA) is 84.7 Å². The van der Waals surface area contributed by atoms with Crippen LogP contribution in [0.4, 0.5) is 13.2 Å². The second-order valence-electron chi connectivity index (χ2n) is 6.17. The second kappa shape index (κ2) is 9.20. The first-order valence-electron chi connectivity index (χ1n) is 8.22. The van der Waals surface area contributed by atoms with Gasteiger partial charge in [-0.25, -0.2) is 9.78 Å². The number of nitrogens with zero attached hydrogens (tertiary/aromatic N) is 3.